The molecule has 0 amide bonds. The van der Waals surface area contributed by atoms with E-state index < -0.39 is 15.2 Å². The molecule has 0 aromatic heterocycles. The average Bonchev–Trinajstić information content (AvgIpc) is 2.47. The molecule has 0 saturated carbocycles. The van der Waals surface area contributed by atoms with Crippen LogP contribution >= 0.6 is 27.7 Å². The van der Waals surface area contributed by atoms with Gasteiger partial charge in [-0.05, 0) is 34.1 Å². The monoisotopic (exact) mass is 377 g/mol. The molecular formula is C13H16BrNO3S2. The van der Waals surface area contributed by atoms with Crippen molar-refractivity contribution < 1.29 is 13.2 Å². The fraction of sp³-hybridized carbons (Fsp3) is 0.462. The Kier molecular flexibility index (Phi) is 5.14. The second kappa shape index (κ2) is 6.49. The molecule has 1 aliphatic rings. The summed E-state index contributed by atoms with van der Waals surface area (Å²) in [4.78, 5) is 12.7. The zero-order chi connectivity index (χ0) is 14.8. The van der Waals surface area contributed by atoms with Crippen molar-refractivity contribution in [1.29, 1.82) is 0 Å². The Balaban J connectivity index is 2.40. The third kappa shape index (κ3) is 3.20. The van der Waals surface area contributed by atoms with Crippen molar-refractivity contribution in [2.75, 3.05) is 28.7 Å². The Morgan fingerprint density at radius 3 is 2.85 bits per heavy atom. The second-order valence-electron chi connectivity index (χ2n) is 4.50. The zero-order valence-electron chi connectivity index (χ0n) is 11.1. The van der Waals surface area contributed by atoms with Gasteiger partial charge < -0.3 is 4.90 Å². The lowest BCUT2D eigenvalue weighted by Gasteiger charge is -2.37. The van der Waals surface area contributed by atoms with Gasteiger partial charge in [0.1, 0.15) is 11.7 Å². The summed E-state index contributed by atoms with van der Waals surface area (Å²) in [7, 11) is -3.14. The largest absolute Gasteiger partial charge is 0.353 e. The maximum absolute atomic E-state index is 12.2. The molecule has 1 aromatic carbocycles. The summed E-state index contributed by atoms with van der Waals surface area (Å²) in [5.41, 5.74) is 1.40. The first-order valence-electron chi connectivity index (χ1n) is 6.30. The second-order valence-corrected chi connectivity index (χ2v) is 8.95. The van der Waals surface area contributed by atoms with Crippen LogP contribution in [-0.4, -0.2) is 43.9 Å². The molecule has 2 rings (SSSR count). The van der Waals surface area contributed by atoms with Gasteiger partial charge in [0, 0.05) is 33.8 Å². The van der Waals surface area contributed by atoms with Gasteiger partial charge >= 0.3 is 0 Å². The number of benzene rings is 1. The molecule has 0 N–H and O–H groups in total. The third-order valence-electron chi connectivity index (χ3n) is 3.32. The predicted octanol–water partition coefficient (Wildman–Crippen LogP) is 2.58. The normalized spacial score (nSPS) is 19.9. The fourth-order valence-corrected chi connectivity index (χ4v) is 5.78. The van der Waals surface area contributed by atoms with Crippen molar-refractivity contribution in [2.24, 2.45) is 0 Å². The summed E-state index contributed by atoms with van der Waals surface area (Å²) in [5.74, 6) is 1.62. The zero-order valence-corrected chi connectivity index (χ0v) is 14.3. The highest BCUT2D eigenvalue weighted by atomic mass is 79.9. The first-order chi connectivity index (χ1) is 9.49. The highest BCUT2D eigenvalue weighted by Gasteiger charge is 2.33. The van der Waals surface area contributed by atoms with Crippen molar-refractivity contribution in [1.82, 2.24) is 0 Å². The summed E-state index contributed by atoms with van der Waals surface area (Å²) in [5, 5.41) is -0.496. The van der Waals surface area contributed by atoms with E-state index in [9.17, 15) is 13.2 Å². The van der Waals surface area contributed by atoms with Gasteiger partial charge in [0.05, 0.1) is 5.69 Å². The van der Waals surface area contributed by atoms with Gasteiger partial charge in [-0.25, -0.2) is 8.42 Å². The first kappa shape index (κ1) is 15.9. The lowest BCUT2D eigenvalue weighted by atomic mass is 10.2. The van der Waals surface area contributed by atoms with E-state index in [-0.39, 0.29) is 5.75 Å². The quantitative estimate of drug-likeness (QED) is 0.754. The van der Waals surface area contributed by atoms with Gasteiger partial charge in [-0.2, -0.15) is 11.8 Å². The van der Waals surface area contributed by atoms with Crippen molar-refractivity contribution in [3.05, 3.63) is 28.2 Å². The molecule has 110 valence electrons. The Hall–Kier alpha value is -0.530. The molecule has 0 spiro atoms. The third-order valence-corrected chi connectivity index (χ3v) is 7.24. The fourth-order valence-electron chi connectivity index (χ4n) is 2.18. The Morgan fingerprint density at radius 1 is 1.50 bits per heavy atom. The van der Waals surface area contributed by atoms with Gasteiger partial charge in [0.25, 0.3) is 0 Å². The van der Waals surface area contributed by atoms with Gasteiger partial charge in [-0.15, -0.1) is 0 Å². The maximum Gasteiger partial charge on any atom is 0.171 e. The number of thioether (sulfide) groups is 1. The van der Waals surface area contributed by atoms with Crippen molar-refractivity contribution in [3.8, 4) is 0 Å². The molecule has 0 aliphatic carbocycles. The van der Waals surface area contributed by atoms with E-state index in [0.29, 0.717) is 17.9 Å². The smallest absolute Gasteiger partial charge is 0.171 e. The molecule has 1 heterocycles. The van der Waals surface area contributed by atoms with Crippen LogP contribution in [0.3, 0.4) is 0 Å². The molecule has 0 bridgehead atoms. The number of nitrogens with zero attached hydrogens (tertiary/aromatic N) is 1. The molecule has 20 heavy (non-hydrogen) atoms. The van der Waals surface area contributed by atoms with Gasteiger partial charge in [-0.1, -0.05) is 6.92 Å². The highest BCUT2D eigenvalue weighted by molar-refractivity contribution is 9.10. The lowest BCUT2D eigenvalue weighted by Crippen LogP contribution is -2.48. The maximum atomic E-state index is 12.2. The van der Waals surface area contributed by atoms with Crippen molar-refractivity contribution >= 4 is 49.5 Å². The molecule has 1 atom stereocenters. The standard InChI is InChI=1S/C13H16BrNO3S2/c1-2-20(17,18)13-9-19-6-5-15(13)12-4-3-10(8-16)7-11(12)14/h3-4,7-8,13H,2,5-6,9H2,1H3. The minimum absolute atomic E-state index is 0.138. The summed E-state index contributed by atoms with van der Waals surface area (Å²) in [6.45, 7) is 2.37. The minimum atomic E-state index is -3.14. The summed E-state index contributed by atoms with van der Waals surface area (Å²) in [6.07, 6.45) is 0.779. The SMILES string of the molecule is CCS(=O)(=O)C1CSCCN1c1ccc(C=O)cc1Br. The Labute approximate surface area is 132 Å². The summed E-state index contributed by atoms with van der Waals surface area (Å²) in [6, 6.07) is 5.24. The van der Waals surface area contributed by atoms with Crippen LogP contribution in [0.1, 0.15) is 17.3 Å². The molecule has 1 saturated heterocycles. The van der Waals surface area contributed by atoms with E-state index in [1.807, 2.05) is 11.0 Å². The van der Waals surface area contributed by atoms with E-state index in [2.05, 4.69) is 15.9 Å². The molecule has 7 heteroatoms. The van der Waals surface area contributed by atoms with E-state index >= 15 is 0 Å². The number of anilines is 1. The van der Waals surface area contributed by atoms with E-state index in [1.165, 1.54) is 0 Å². The number of carbonyl (C=O) groups excluding carboxylic acids is 1. The van der Waals surface area contributed by atoms with Gasteiger partial charge in [-0.3, -0.25) is 4.79 Å². The molecule has 4 nitrogen and oxygen atoms in total. The number of halogens is 1. The molecular weight excluding hydrogens is 362 g/mol. The highest BCUT2D eigenvalue weighted by Crippen LogP contribution is 2.33. The topological polar surface area (TPSA) is 54.5 Å². The van der Waals surface area contributed by atoms with E-state index in [0.717, 1.165) is 22.2 Å². The Bertz CT molecular complexity index is 604. The number of carbonyl (C=O) groups is 1. The van der Waals surface area contributed by atoms with Crippen LogP contribution in [0.4, 0.5) is 5.69 Å². The molecule has 0 radical (unpaired) electrons. The van der Waals surface area contributed by atoms with Crippen LogP contribution in [0.15, 0.2) is 22.7 Å². The van der Waals surface area contributed by atoms with Crippen LogP contribution in [0.5, 0.6) is 0 Å². The van der Waals surface area contributed by atoms with E-state index in [4.69, 9.17) is 0 Å². The number of sulfone groups is 1. The van der Waals surface area contributed by atoms with Gasteiger partial charge in [0.2, 0.25) is 0 Å². The van der Waals surface area contributed by atoms with Crippen molar-refractivity contribution in [2.45, 2.75) is 12.3 Å². The number of hydrogen-bond donors (Lipinski definition) is 0. The van der Waals surface area contributed by atoms with E-state index in [1.54, 1.807) is 30.8 Å². The summed E-state index contributed by atoms with van der Waals surface area (Å²) < 4.78 is 25.2. The molecule has 1 fully saturated rings. The first-order valence-corrected chi connectivity index (χ1v) is 9.96. The lowest BCUT2D eigenvalue weighted by molar-refractivity contribution is 0.112. The number of aldehydes is 1. The van der Waals surface area contributed by atoms with Crippen molar-refractivity contribution in [3.63, 3.8) is 0 Å². The van der Waals surface area contributed by atoms with Crippen LogP contribution in [0, 0.1) is 0 Å². The number of hydrogen-bond acceptors (Lipinski definition) is 5. The van der Waals surface area contributed by atoms with Crippen LogP contribution in [0.2, 0.25) is 0 Å². The minimum Gasteiger partial charge on any atom is -0.353 e. The van der Waals surface area contributed by atoms with Crippen LogP contribution < -0.4 is 4.90 Å². The van der Waals surface area contributed by atoms with Gasteiger partial charge in [0.15, 0.2) is 9.84 Å². The number of rotatable bonds is 4. The Morgan fingerprint density at radius 2 is 2.25 bits per heavy atom. The molecule has 1 aromatic rings. The molecule has 1 unspecified atom stereocenters. The average molecular weight is 378 g/mol. The summed E-state index contributed by atoms with van der Waals surface area (Å²) >= 11 is 5.10. The molecule has 1 aliphatic heterocycles. The van der Waals surface area contributed by atoms with Crippen LogP contribution in [0.25, 0.3) is 0 Å². The predicted molar refractivity (Wildman–Crippen MR) is 87.4 cm³/mol. The van der Waals surface area contributed by atoms with Crippen LogP contribution in [-0.2, 0) is 9.84 Å².